The number of nitrogens with one attached hydrogen (secondary N) is 2. The number of para-hydroxylation sites is 1. The molecule has 2 aliphatic rings. The summed E-state index contributed by atoms with van der Waals surface area (Å²) in [6.07, 6.45) is 2.20. The second-order valence-electron chi connectivity index (χ2n) is 12.1. The van der Waals surface area contributed by atoms with Crippen LogP contribution >= 0.6 is 0 Å². The fraction of sp³-hybridized carbons (Fsp3) is 0.0465. The number of benzene rings is 7. The van der Waals surface area contributed by atoms with Crippen LogP contribution < -0.4 is 15.5 Å². The third kappa shape index (κ3) is 4.82. The molecule has 0 aromatic heterocycles. The van der Waals surface area contributed by atoms with Gasteiger partial charge < -0.3 is 15.5 Å². The van der Waals surface area contributed by atoms with Crippen LogP contribution in [0.1, 0.15) is 34.5 Å². The highest BCUT2D eigenvalue weighted by Gasteiger charge is 2.33. The van der Waals surface area contributed by atoms with E-state index in [1.165, 1.54) is 38.4 Å². The standard InChI is InChI=1S/C43H32N4/c1-5-13-29(14-6-1)38-28-39(30-15-7-2-8-16-30)45-42(44-38)34-23-25-36-33(27-34)22-21-31-24-26-37-41(40(31)36)47(35-19-11-4-12-20-35)43(46-37)32-17-9-3-10-18-32/h1-28,38,43,46H,(H,44,45). The predicted molar refractivity (Wildman–Crippen MR) is 196 cm³/mol. The maximum Gasteiger partial charge on any atom is 0.133 e. The van der Waals surface area contributed by atoms with Gasteiger partial charge in [-0.1, -0.05) is 140 Å². The normalized spacial score (nSPS) is 17.1. The first-order chi connectivity index (χ1) is 23.3. The van der Waals surface area contributed by atoms with Crippen molar-refractivity contribution in [3.05, 3.63) is 192 Å². The van der Waals surface area contributed by atoms with Crippen LogP contribution in [-0.4, -0.2) is 5.84 Å². The molecule has 9 rings (SSSR count). The summed E-state index contributed by atoms with van der Waals surface area (Å²) in [6, 6.07) is 58.0. The summed E-state index contributed by atoms with van der Waals surface area (Å²) in [5, 5.41) is 12.4. The van der Waals surface area contributed by atoms with E-state index in [4.69, 9.17) is 4.99 Å². The van der Waals surface area contributed by atoms with E-state index < -0.39 is 0 Å². The van der Waals surface area contributed by atoms with Crippen molar-refractivity contribution in [2.24, 2.45) is 4.99 Å². The third-order valence-corrected chi connectivity index (χ3v) is 9.26. The molecule has 4 heteroatoms. The van der Waals surface area contributed by atoms with Crippen LogP contribution in [0.25, 0.3) is 27.2 Å². The van der Waals surface area contributed by atoms with Gasteiger partial charge in [0.05, 0.1) is 17.4 Å². The molecule has 2 N–H and O–H groups in total. The lowest BCUT2D eigenvalue weighted by Gasteiger charge is -2.28. The molecule has 2 atom stereocenters. The summed E-state index contributed by atoms with van der Waals surface area (Å²) in [4.78, 5) is 7.68. The second-order valence-corrected chi connectivity index (χ2v) is 12.1. The molecular formula is C43H32N4. The molecule has 47 heavy (non-hydrogen) atoms. The van der Waals surface area contributed by atoms with Gasteiger partial charge in [0.2, 0.25) is 0 Å². The summed E-state index contributed by atoms with van der Waals surface area (Å²) in [5.41, 5.74) is 9.15. The lowest BCUT2D eigenvalue weighted by Crippen LogP contribution is -2.27. The van der Waals surface area contributed by atoms with Crippen LogP contribution in [0.4, 0.5) is 17.1 Å². The number of anilines is 3. The van der Waals surface area contributed by atoms with E-state index in [2.05, 4.69) is 185 Å². The van der Waals surface area contributed by atoms with Gasteiger partial charge in [0, 0.05) is 22.3 Å². The van der Waals surface area contributed by atoms with E-state index >= 15 is 0 Å². The third-order valence-electron chi connectivity index (χ3n) is 9.26. The molecule has 0 radical (unpaired) electrons. The lowest BCUT2D eigenvalue weighted by atomic mass is 9.96. The van der Waals surface area contributed by atoms with Crippen molar-refractivity contribution >= 4 is 50.1 Å². The Kier molecular flexibility index (Phi) is 6.57. The minimum atomic E-state index is -0.0846. The Labute approximate surface area is 274 Å². The average Bonchev–Trinajstić information content (AvgIpc) is 3.56. The van der Waals surface area contributed by atoms with Gasteiger partial charge in [0.15, 0.2) is 0 Å². The topological polar surface area (TPSA) is 39.7 Å². The Morgan fingerprint density at radius 3 is 1.94 bits per heavy atom. The molecule has 7 aromatic carbocycles. The van der Waals surface area contributed by atoms with Crippen LogP contribution in [0.15, 0.2) is 175 Å². The van der Waals surface area contributed by atoms with Gasteiger partial charge in [-0.15, -0.1) is 0 Å². The van der Waals surface area contributed by atoms with Crippen LogP contribution in [-0.2, 0) is 0 Å². The highest BCUT2D eigenvalue weighted by atomic mass is 15.3. The molecule has 0 saturated carbocycles. The number of hydrogen-bond donors (Lipinski definition) is 2. The van der Waals surface area contributed by atoms with Crippen LogP contribution in [0.2, 0.25) is 0 Å². The molecule has 4 nitrogen and oxygen atoms in total. The van der Waals surface area contributed by atoms with Crippen LogP contribution in [0.5, 0.6) is 0 Å². The molecule has 0 aliphatic carbocycles. The van der Waals surface area contributed by atoms with Crippen LogP contribution in [0, 0.1) is 0 Å². The first kappa shape index (κ1) is 27.2. The molecule has 224 valence electrons. The summed E-state index contributed by atoms with van der Waals surface area (Å²) >= 11 is 0. The van der Waals surface area contributed by atoms with Gasteiger partial charge in [-0.05, 0) is 63.2 Å². The van der Waals surface area contributed by atoms with E-state index in [9.17, 15) is 0 Å². The molecule has 2 unspecified atom stereocenters. The van der Waals surface area contributed by atoms with Gasteiger partial charge in [-0.2, -0.15) is 0 Å². The van der Waals surface area contributed by atoms with Crippen molar-refractivity contribution in [1.82, 2.24) is 5.32 Å². The number of fused-ring (bicyclic) bond motifs is 5. The van der Waals surface area contributed by atoms with E-state index in [0.29, 0.717) is 0 Å². The smallest absolute Gasteiger partial charge is 0.133 e. The van der Waals surface area contributed by atoms with Gasteiger partial charge in [0.1, 0.15) is 12.0 Å². The zero-order valence-electron chi connectivity index (χ0n) is 25.7. The highest BCUT2D eigenvalue weighted by molar-refractivity contribution is 6.19. The number of amidine groups is 1. The van der Waals surface area contributed by atoms with Gasteiger partial charge in [-0.3, -0.25) is 4.99 Å². The summed E-state index contributed by atoms with van der Waals surface area (Å²) < 4.78 is 0. The summed E-state index contributed by atoms with van der Waals surface area (Å²) in [7, 11) is 0. The first-order valence-electron chi connectivity index (χ1n) is 16.1. The van der Waals surface area contributed by atoms with Crippen molar-refractivity contribution in [2.45, 2.75) is 12.2 Å². The van der Waals surface area contributed by atoms with Crippen molar-refractivity contribution in [3.8, 4) is 0 Å². The van der Waals surface area contributed by atoms with E-state index in [0.717, 1.165) is 34.0 Å². The predicted octanol–water partition coefficient (Wildman–Crippen LogP) is 10.4. The summed E-state index contributed by atoms with van der Waals surface area (Å²) in [5.74, 6) is 0.872. The van der Waals surface area contributed by atoms with Crippen LogP contribution in [0.3, 0.4) is 0 Å². The van der Waals surface area contributed by atoms with Crippen molar-refractivity contribution in [2.75, 3.05) is 10.2 Å². The minimum absolute atomic E-state index is 0.0207. The first-order valence-corrected chi connectivity index (χ1v) is 16.1. The molecule has 0 bridgehead atoms. The van der Waals surface area contributed by atoms with E-state index in [1.54, 1.807) is 0 Å². The quantitative estimate of drug-likeness (QED) is 0.192. The molecule has 2 aliphatic heterocycles. The molecule has 2 heterocycles. The Morgan fingerprint density at radius 1 is 0.553 bits per heavy atom. The van der Waals surface area contributed by atoms with Gasteiger partial charge in [-0.25, -0.2) is 0 Å². The fourth-order valence-corrected chi connectivity index (χ4v) is 7.02. The fourth-order valence-electron chi connectivity index (χ4n) is 7.02. The largest absolute Gasteiger partial charge is 0.359 e. The maximum atomic E-state index is 5.23. The number of hydrogen-bond acceptors (Lipinski definition) is 4. The molecule has 0 fully saturated rings. The Bertz CT molecular complexity index is 2300. The number of aliphatic imine (C=N–C) groups is 1. The Hall–Kier alpha value is -6.13. The monoisotopic (exact) mass is 604 g/mol. The summed E-state index contributed by atoms with van der Waals surface area (Å²) in [6.45, 7) is 0. The van der Waals surface area contributed by atoms with E-state index in [-0.39, 0.29) is 12.2 Å². The van der Waals surface area contributed by atoms with Crippen molar-refractivity contribution in [3.63, 3.8) is 0 Å². The average molecular weight is 605 g/mol. The van der Waals surface area contributed by atoms with Gasteiger partial charge in [0.25, 0.3) is 0 Å². The van der Waals surface area contributed by atoms with Crippen molar-refractivity contribution in [1.29, 1.82) is 0 Å². The molecule has 0 spiro atoms. The maximum absolute atomic E-state index is 5.23. The zero-order valence-corrected chi connectivity index (χ0v) is 25.7. The highest BCUT2D eigenvalue weighted by Crippen LogP contribution is 2.51. The number of nitrogens with zero attached hydrogens (tertiary/aromatic N) is 2. The second kappa shape index (κ2) is 11.3. The number of rotatable bonds is 5. The van der Waals surface area contributed by atoms with E-state index in [1.807, 2.05) is 0 Å². The van der Waals surface area contributed by atoms with Gasteiger partial charge >= 0.3 is 0 Å². The van der Waals surface area contributed by atoms with Crippen molar-refractivity contribution < 1.29 is 0 Å². The SMILES string of the molecule is C1=C(c2ccccc2)NC(c2ccc3c(ccc4ccc5c(c43)N(c3ccccc3)C(c3ccccc3)N5)c2)=NC1c1ccccc1. The zero-order chi connectivity index (χ0) is 31.2. The molecule has 7 aromatic rings. The molecule has 0 saturated heterocycles. The molecule has 0 amide bonds. The minimum Gasteiger partial charge on any atom is -0.359 e. The Balaban J connectivity index is 1.19. The lowest BCUT2D eigenvalue weighted by molar-refractivity contribution is 0.830. The Morgan fingerprint density at radius 2 is 1.19 bits per heavy atom. The molecular weight excluding hydrogens is 573 g/mol.